The molecule has 0 amide bonds. The molecule has 0 aromatic rings. The second kappa shape index (κ2) is 9.92. The number of hydrogen-bond acceptors (Lipinski definition) is 3. The van der Waals surface area contributed by atoms with Gasteiger partial charge in [-0.25, -0.2) is 0 Å². The molecule has 0 aromatic heterocycles. The van der Waals surface area contributed by atoms with Crippen LogP contribution in [-0.2, 0) is 4.74 Å². The number of allylic oxidation sites excluding steroid dienone is 3. The Labute approximate surface area is 111 Å². The van der Waals surface area contributed by atoms with Gasteiger partial charge < -0.3 is 15.0 Å². The van der Waals surface area contributed by atoms with Crippen molar-refractivity contribution in [3.8, 4) is 0 Å². The highest BCUT2D eigenvalue weighted by molar-refractivity contribution is 5.12. The first-order valence-electron chi connectivity index (χ1n) is 6.87. The van der Waals surface area contributed by atoms with E-state index in [9.17, 15) is 0 Å². The summed E-state index contributed by atoms with van der Waals surface area (Å²) >= 11 is 0. The Bertz CT molecular complexity index is 268. The Morgan fingerprint density at radius 2 is 2.00 bits per heavy atom. The average Bonchev–Trinajstić information content (AvgIpc) is 2.41. The third kappa shape index (κ3) is 7.30. The lowest BCUT2D eigenvalue weighted by atomic mass is 10.2. The van der Waals surface area contributed by atoms with E-state index in [0.29, 0.717) is 0 Å². The van der Waals surface area contributed by atoms with Crippen LogP contribution in [0.25, 0.3) is 0 Å². The van der Waals surface area contributed by atoms with Crippen LogP contribution >= 0.6 is 0 Å². The molecule has 0 unspecified atom stereocenters. The van der Waals surface area contributed by atoms with Crippen LogP contribution in [0.5, 0.6) is 0 Å². The molecule has 102 valence electrons. The molecule has 1 N–H and O–H groups in total. The molecule has 0 bridgehead atoms. The van der Waals surface area contributed by atoms with Gasteiger partial charge in [0.25, 0.3) is 0 Å². The number of nitrogens with zero attached hydrogens (tertiary/aromatic N) is 1. The lowest BCUT2D eigenvalue weighted by molar-refractivity contribution is 0.208. The van der Waals surface area contributed by atoms with E-state index in [1.165, 1.54) is 32.5 Å². The molecule has 18 heavy (non-hydrogen) atoms. The molecule has 0 atom stereocenters. The van der Waals surface area contributed by atoms with E-state index in [1.807, 2.05) is 12.2 Å². The van der Waals surface area contributed by atoms with Crippen LogP contribution in [0, 0.1) is 0 Å². The summed E-state index contributed by atoms with van der Waals surface area (Å²) < 4.78 is 5.48. The molecule has 3 heteroatoms. The number of nitrogens with one attached hydrogen (secondary N) is 1. The number of hydrogen-bond donors (Lipinski definition) is 1. The minimum atomic E-state index is 0.719. The fourth-order valence-corrected chi connectivity index (χ4v) is 1.98. The van der Waals surface area contributed by atoms with Gasteiger partial charge in [-0.2, -0.15) is 0 Å². The summed E-state index contributed by atoms with van der Waals surface area (Å²) in [5.41, 5.74) is 0. The summed E-state index contributed by atoms with van der Waals surface area (Å²) in [7, 11) is 0. The zero-order valence-electron chi connectivity index (χ0n) is 11.4. The van der Waals surface area contributed by atoms with Gasteiger partial charge in [-0.1, -0.05) is 25.3 Å². The van der Waals surface area contributed by atoms with Crippen molar-refractivity contribution in [2.45, 2.75) is 19.3 Å². The molecule has 0 aromatic carbocycles. The van der Waals surface area contributed by atoms with Gasteiger partial charge in [0.05, 0.1) is 6.61 Å². The van der Waals surface area contributed by atoms with Crippen molar-refractivity contribution in [1.29, 1.82) is 0 Å². The zero-order chi connectivity index (χ0) is 13.1. The molecule has 1 heterocycles. The standard InChI is InChI=1S/C15H26N2O/c1-3-4-8-15(2)18-14-7-5-6-11-17-12-9-16-10-13-17/h3-4,8,16H,1-2,5-7,9-14H2/b8-4-. The SMILES string of the molecule is C=C/C=C\C(=C)OCCCCCN1CCNCC1. The maximum absolute atomic E-state index is 5.48. The maximum Gasteiger partial charge on any atom is 0.112 e. The fourth-order valence-electron chi connectivity index (χ4n) is 1.98. The predicted molar refractivity (Wildman–Crippen MR) is 77.6 cm³/mol. The van der Waals surface area contributed by atoms with Gasteiger partial charge in [-0.05, 0) is 31.9 Å². The molecule has 0 spiro atoms. The van der Waals surface area contributed by atoms with E-state index in [4.69, 9.17) is 4.74 Å². The third-order valence-corrected chi connectivity index (χ3v) is 3.03. The van der Waals surface area contributed by atoms with Crippen LogP contribution in [0.1, 0.15) is 19.3 Å². The molecule has 0 radical (unpaired) electrons. The van der Waals surface area contributed by atoms with E-state index in [-0.39, 0.29) is 0 Å². The Hall–Kier alpha value is -1.06. The second-order valence-corrected chi connectivity index (χ2v) is 4.56. The van der Waals surface area contributed by atoms with Gasteiger partial charge in [0, 0.05) is 26.2 Å². The first kappa shape index (κ1) is 15.0. The summed E-state index contributed by atoms with van der Waals surface area (Å²) in [5.74, 6) is 0.719. The van der Waals surface area contributed by atoms with Gasteiger partial charge >= 0.3 is 0 Å². The van der Waals surface area contributed by atoms with Crippen LogP contribution in [0.3, 0.4) is 0 Å². The highest BCUT2D eigenvalue weighted by Gasteiger charge is 2.07. The van der Waals surface area contributed by atoms with E-state index in [2.05, 4.69) is 23.4 Å². The van der Waals surface area contributed by atoms with Gasteiger partial charge in [0.2, 0.25) is 0 Å². The molecule has 1 aliphatic heterocycles. The molecular formula is C15H26N2O. The Morgan fingerprint density at radius 1 is 1.22 bits per heavy atom. The van der Waals surface area contributed by atoms with Gasteiger partial charge in [-0.15, -0.1) is 0 Å². The highest BCUT2D eigenvalue weighted by Crippen LogP contribution is 2.03. The Balaban J connectivity index is 1.90. The number of unbranched alkanes of at least 4 members (excludes halogenated alkanes) is 2. The molecule has 3 nitrogen and oxygen atoms in total. The summed E-state index contributed by atoms with van der Waals surface area (Å²) in [6, 6.07) is 0. The quantitative estimate of drug-likeness (QED) is 0.386. The lowest BCUT2D eigenvalue weighted by Gasteiger charge is -2.26. The van der Waals surface area contributed by atoms with Crippen molar-refractivity contribution < 1.29 is 4.74 Å². The molecule has 0 saturated carbocycles. The van der Waals surface area contributed by atoms with E-state index in [1.54, 1.807) is 6.08 Å². The summed E-state index contributed by atoms with van der Waals surface area (Å²) in [6.07, 6.45) is 9.00. The van der Waals surface area contributed by atoms with E-state index < -0.39 is 0 Å². The fraction of sp³-hybridized carbons (Fsp3) is 0.600. The average molecular weight is 250 g/mol. The van der Waals surface area contributed by atoms with Crippen molar-refractivity contribution >= 4 is 0 Å². The van der Waals surface area contributed by atoms with Gasteiger partial charge in [0.1, 0.15) is 5.76 Å². The molecule has 1 rings (SSSR count). The predicted octanol–water partition coefficient (Wildman–Crippen LogP) is 2.33. The monoisotopic (exact) mass is 250 g/mol. The van der Waals surface area contributed by atoms with Crippen molar-refractivity contribution in [3.05, 3.63) is 37.1 Å². The number of ether oxygens (including phenoxy) is 1. The summed E-state index contributed by atoms with van der Waals surface area (Å²) in [5, 5.41) is 3.37. The van der Waals surface area contributed by atoms with Crippen LogP contribution in [0.4, 0.5) is 0 Å². The van der Waals surface area contributed by atoms with Crippen molar-refractivity contribution in [3.63, 3.8) is 0 Å². The van der Waals surface area contributed by atoms with Gasteiger partial charge in [0.15, 0.2) is 0 Å². The molecule has 1 saturated heterocycles. The minimum Gasteiger partial charge on any atom is -0.494 e. The third-order valence-electron chi connectivity index (χ3n) is 3.03. The van der Waals surface area contributed by atoms with Crippen molar-refractivity contribution in [2.24, 2.45) is 0 Å². The normalized spacial score (nSPS) is 16.9. The van der Waals surface area contributed by atoms with Crippen LogP contribution in [0.2, 0.25) is 0 Å². The molecule has 1 aliphatic rings. The molecule has 0 aliphatic carbocycles. The van der Waals surface area contributed by atoms with E-state index >= 15 is 0 Å². The topological polar surface area (TPSA) is 24.5 Å². The van der Waals surface area contributed by atoms with Crippen molar-refractivity contribution in [2.75, 3.05) is 39.3 Å². The Kier molecular flexibility index (Phi) is 8.26. The largest absolute Gasteiger partial charge is 0.494 e. The van der Waals surface area contributed by atoms with Gasteiger partial charge in [-0.3, -0.25) is 0 Å². The smallest absolute Gasteiger partial charge is 0.112 e. The lowest BCUT2D eigenvalue weighted by Crippen LogP contribution is -2.43. The first-order valence-corrected chi connectivity index (χ1v) is 6.87. The maximum atomic E-state index is 5.48. The number of piperazine rings is 1. The minimum absolute atomic E-state index is 0.719. The summed E-state index contributed by atoms with van der Waals surface area (Å²) in [6.45, 7) is 14.1. The molecular weight excluding hydrogens is 224 g/mol. The summed E-state index contributed by atoms with van der Waals surface area (Å²) in [4.78, 5) is 2.53. The number of rotatable bonds is 9. The highest BCUT2D eigenvalue weighted by atomic mass is 16.5. The van der Waals surface area contributed by atoms with Crippen molar-refractivity contribution in [1.82, 2.24) is 10.2 Å². The molecule has 1 fully saturated rings. The second-order valence-electron chi connectivity index (χ2n) is 4.56. The zero-order valence-corrected chi connectivity index (χ0v) is 11.4. The Morgan fingerprint density at radius 3 is 2.72 bits per heavy atom. The van der Waals surface area contributed by atoms with Crippen LogP contribution in [0.15, 0.2) is 37.1 Å². The first-order chi connectivity index (χ1) is 8.83. The van der Waals surface area contributed by atoms with Crippen LogP contribution in [-0.4, -0.2) is 44.2 Å². The van der Waals surface area contributed by atoms with E-state index in [0.717, 1.165) is 31.9 Å². The van der Waals surface area contributed by atoms with Crippen LogP contribution < -0.4 is 5.32 Å².